The predicted octanol–water partition coefficient (Wildman–Crippen LogP) is 2.90. The Morgan fingerprint density at radius 3 is 2.14 bits per heavy atom. The zero-order valence-corrected chi connectivity index (χ0v) is 21.8. The number of alkyl carbamates (subject to hydrolysis) is 1. The highest BCUT2D eigenvalue weighted by Gasteiger charge is 2.28. The summed E-state index contributed by atoms with van der Waals surface area (Å²) in [7, 11) is 0. The van der Waals surface area contributed by atoms with Crippen LogP contribution < -0.4 is 16.0 Å². The van der Waals surface area contributed by atoms with E-state index in [0.717, 1.165) is 12.8 Å². The predicted molar refractivity (Wildman–Crippen MR) is 134 cm³/mol. The summed E-state index contributed by atoms with van der Waals surface area (Å²) in [6.45, 7) is 11.4. The molecule has 0 aromatic heterocycles. The van der Waals surface area contributed by atoms with Gasteiger partial charge in [0.05, 0.1) is 18.8 Å². The lowest BCUT2D eigenvalue weighted by Crippen LogP contribution is -2.50. The molecule has 0 bridgehead atoms. The van der Waals surface area contributed by atoms with E-state index in [-0.39, 0.29) is 30.8 Å². The summed E-state index contributed by atoms with van der Waals surface area (Å²) < 4.78 is 10.5. The number of Topliss-reactive ketones (excluding diaryl/α,β-unsaturated/α-hetero) is 1. The van der Waals surface area contributed by atoms with Gasteiger partial charge in [-0.3, -0.25) is 14.4 Å². The second-order valence-corrected chi connectivity index (χ2v) is 9.97. The van der Waals surface area contributed by atoms with Crippen molar-refractivity contribution in [2.24, 2.45) is 5.92 Å². The lowest BCUT2D eigenvalue weighted by molar-refractivity contribution is -0.138. The second kappa shape index (κ2) is 15.1. The number of carbonyl (C=O) groups excluding carboxylic acids is 4. The second-order valence-electron chi connectivity index (χ2n) is 9.97. The van der Waals surface area contributed by atoms with E-state index in [2.05, 4.69) is 35.0 Å². The number of rotatable bonds is 11. The van der Waals surface area contributed by atoms with Crippen LogP contribution in [0, 0.1) is 12.8 Å². The minimum absolute atomic E-state index is 0.0545. The summed E-state index contributed by atoms with van der Waals surface area (Å²) >= 11 is 0. The number of hydrogen-bond acceptors (Lipinski definition) is 6. The van der Waals surface area contributed by atoms with Crippen LogP contribution in [0.5, 0.6) is 0 Å². The van der Waals surface area contributed by atoms with Crippen LogP contribution >= 0.6 is 0 Å². The Morgan fingerprint density at radius 1 is 1.03 bits per heavy atom. The first-order valence-electron chi connectivity index (χ1n) is 12.1. The minimum atomic E-state index is -0.865. The molecule has 3 amide bonds. The van der Waals surface area contributed by atoms with Gasteiger partial charge in [0.2, 0.25) is 11.7 Å². The Hall–Kier alpha value is -2.94. The summed E-state index contributed by atoms with van der Waals surface area (Å²) in [5, 5.41) is 7.48. The molecule has 1 aromatic rings. The van der Waals surface area contributed by atoms with Crippen LogP contribution in [0.4, 0.5) is 4.79 Å². The molecule has 1 fully saturated rings. The number of carbonyl (C=O) groups is 4. The smallest absolute Gasteiger partial charge is 0.407 e. The number of ketones is 1. The average Bonchev–Trinajstić information content (AvgIpc) is 3.58. The third-order valence-electron chi connectivity index (χ3n) is 4.70. The van der Waals surface area contributed by atoms with E-state index in [1.54, 1.807) is 0 Å². The van der Waals surface area contributed by atoms with Gasteiger partial charge in [0.15, 0.2) is 0 Å². The largest absolute Gasteiger partial charge is 0.447 e. The molecule has 1 aliphatic carbocycles. The van der Waals surface area contributed by atoms with Gasteiger partial charge in [0, 0.05) is 6.04 Å². The van der Waals surface area contributed by atoms with Crippen molar-refractivity contribution in [2.45, 2.75) is 78.5 Å². The molecular formula is C26H41N3O6. The maximum atomic E-state index is 12.3. The summed E-state index contributed by atoms with van der Waals surface area (Å²) in [5.74, 6) is -1.84. The van der Waals surface area contributed by atoms with Crippen LogP contribution in [0.15, 0.2) is 30.3 Å². The van der Waals surface area contributed by atoms with Gasteiger partial charge in [0.1, 0.15) is 12.6 Å². The molecule has 1 aliphatic rings. The van der Waals surface area contributed by atoms with E-state index < -0.39 is 36.3 Å². The lowest BCUT2D eigenvalue weighted by Gasteiger charge is -2.21. The molecule has 9 nitrogen and oxygen atoms in total. The van der Waals surface area contributed by atoms with Crippen LogP contribution in [-0.4, -0.2) is 61.1 Å². The third kappa shape index (κ3) is 15.6. The quantitative estimate of drug-likeness (QED) is 0.323. The normalized spacial score (nSPS) is 13.7. The number of aryl methyl sites for hydroxylation is 1. The summed E-state index contributed by atoms with van der Waals surface area (Å²) in [6.07, 6.45) is 1.36. The van der Waals surface area contributed by atoms with E-state index in [9.17, 15) is 19.2 Å². The number of benzene rings is 1. The number of amides is 3. The van der Waals surface area contributed by atoms with Crippen molar-refractivity contribution in [3.05, 3.63) is 35.9 Å². The van der Waals surface area contributed by atoms with Crippen molar-refractivity contribution in [2.75, 3.05) is 19.8 Å². The van der Waals surface area contributed by atoms with Crippen molar-refractivity contribution in [3.63, 3.8) is 0 Å². The average molecular weight is 492 g/mol. The third-order valence-corrected chi connectivity index (χ3v) is 4.70. The minimum Gasteiger partial charge on any atom is -0.447 e. The van der Waals surface area contributed by atoms with E-state index >= 15 is 0 Å². The highest BCUT2D eigenvalue weighted by molar-refractivity contribution is 6.37. The molecule has 196 valence electrons. The molecule has 0 heterocycles. The number of nitrogens with one attached hydrogen (secondary N) is 3. The SMILES string of the molecule is CC(C)CC(NC(=O)OCCOC(C)(C)C)C(=O)NCC(=O)C(=O)NC1CC1.Cc1ccccc1. The van der Waals surface area contributed by atoms with Crippen LogP contribution in [0.25, 0.3) is 0 Å². The lowest BCUT2D eigenvalue weighted by atomic mass is 10.0. The molecule has 1 atom stereocenters. The zero-order chi connectivity index (χ0) is 26.4. The standard InChI is InChI=1S/C19H33N3O6.C7H8/c1-12(2)10-14(22-18(26)27-8-9-28-19(3,4)5)16(24)20-11-15(23)17(25)21-13-6-7-13;1-7-5-3-2-4-6-7/h12-14H,6-11H2,1-5H3,(H,20,24)(H,21,25)(H,22,26);2-6H,1H3. The van der Waals surface area contributed by atoms with Gasteiger partial charge in [-0.1, -0.05) is 49.7 Å². The van der Waals surface area contributed by atoms with Crippen molar-refractivity contribution in [3.8, 4) is 0 Å². The van der Waals surface area contributed by atoms with Gasteiger partial charge in [-0.2, -0.15) is 0 Å². The van der Waals surface area contributed by atoms with E-state index in [4.69, 9.17) is 9.47 Å². The Balaban J connectivity index is 0.000000744. The molecule has 2 rings (SSSR count). The van der Waals surface area contributed by atoms with Crippen LogP contribution in [0.2, 0.25) is 0 Å². The van der Waals surface area contributed by atoms with Crippen molar-refractivity contribution < 1.29 is 28.7 Å². The van der Waals surface area contributed by atoms with Crippen LogP contribution in [-0.2, 0) is 23.9 Å². The molecule has 0 aliphatic heterocycles. The summed E-state index contributed by atoms with van der Waals surface area (Å²) in [4.78, 5) is 47.7. The topological polar surface area (TPSA) is 123 Å². The van der Waals surface area contributed by atoms with E-state index in [1.807, 2.05) is 52.8 Å². The zero-order valence-electron chi connectivity index (χ0n) is 21.8. The molecule has 1 saturated carbocycles. The first-order valence-corrected chi connectivity index (χ1v) is 12.1. The maximum Gasteiger partial charge on any atom is 0.407 e. The Kier molecular flexibility index (Phi) is 13.0. The van der Waals surface area contributed by atoms with Crippen molar-refractivity contribution in [1.82, 2.24) is 16.0 Å². The van der Waals surface area contributed by atoms with Gasteiger partial charge in [-0.25, -0.2) is 4.79 Å². The fourth-order valence-electron chi connectivity index (χ4n) is 2.77. The highest BCUT2D eigenvalue weighted by Crippen LogP contribution is 2.18. The van der Waals surface area contributed by atoms with Crippen LogP contribution in [0.1, 0.15) is 59.4 Å². The first kappa shape index (κ1) is 30.1. The molecule has 3 N–H and O–H groups in total. The monoisotopic (exact) mass is 491 g/mol. The Morgan fingerprint density at radius 2 is 1.66 bits per heavy atom. The number of hydrogen-bond donors (Lipinski definition) is 3. The molecule has 1 aromatic carbocycles. The van der Waals surface area contributed by atoms with Gasteiger partial charge >= 0.3 is 6.09 Å². The Bertz CT molecular complexity index is 816. The molecule has 1 unspecified atom stereocenters. The fourth-order valence-corrected chi connectivity index (χ4v) is 2.77. The van der Waals surface area contributed by atoms with Crippen molar-refractivity contribution in [1.29, 1.82) is 0 Å². The van der Waals surface area contributed by atoms with Gasteiger partial charge < -0.3 is 25.4 Å². The first-order chi connectivity index (χ1) is 16.4. The highest BCUT2D eigenvalue weighted by atomic mass is 16.6. The van der Waals surface area contributed by atoms with Gasteiger partial charge in [0.25, 0.3) is 5.91 Å². The molecule has 9 heteroatoms. The summed E-state index contributed by atoms with van der Waals surface area (Å²) in [5.41, 5.74) is 0.987. The molecule has 0 spiro atoms. The Labute approximate surface area is 208 Å². The van der Waals surface area contributed by atoms with Gasteiger partial charge in [-0.15, -0.1) is 0 Å². The fraction of sp³-hybridized carbons (Fsp3) is 0.615. The molecule has 35 heavy (non-hydrogen) atoms. The van der Waals surface area contributed by atoms with Crippen LogP contribution in [0.3, 0.4) is 0 Å². The number of ether oxygens (including phenoxy) is 2. The van der Waals surface area contributed by atoms with E-state index in [0.29, 0.717) is 6.42 Å². The molecular weight excluding hydrogens is 450 g/mol. The van der Waals surface area contributed by atoms with Crippen molar-refractivity contribution >= 4 is 23.7 Å². The molecule has 0 radical (unpaired) electrons. The van der Waals surface area contributed by atoms with E-state index in [1.165, 1.54) is 5.56 Å². The maximum absolute atomic E-state index is 12.3. The van der Waals surface area contributed by atoms with Gasteiger partial charge in [-0.05, 0) is 52.9 Å². The molecule has 0 saturated heterocycles. The summed E-state index contributed by atoms with van der Waals surface area (Å²) in [6, 6.07) is 9.47.